The molecule has 1 amide bonds. The van der Waals surface area contributed by atoms with E-state index in [1.54, 1.807) is 41.9 Å². The van der Waals surface area contributed by atoms with Gasteiger partial charge in [-0.05, 0) is 86.9 Å². The van der Waals surface area contributed by atoms with Crippen LogP contribution < -0.4 is 10.6 Å². The van der Waals surface area contributed by atoms with Crippen molar-refractivity contribution in [1.82, 2.24) is 15.5 Å². The van der Waals surface area contributed by atoms with Crippen molar-refractivity contribution >= 4 is 17.8 Å². The minimum absolute atomic E-state index is 0.102. The summed E-state index contributed by atoms with van der Waals surface area (Å²) in [6.45, 7) is 22.9. The Morgan fingerprint density at radius 1 is 0.932 bits per heavy atom. The van der Waals surface area contributed by atoms with Crippen molar-refractivity contribution in [2.75, 3.05) is 40.9 Å². The number of aliphatic hydroxyl groups excluding tert-OH is 2. The first-order chi connectivity index (χ1) is 27.5. The summed E-state index contributed by atoms with van der Waals surface area (Å²) in [7, 11) is 4.85. The zero-order valence-corrected chi connectivity index (χ0v) is 38.5. The van der Waals surface area contributed by atoms with Crippen LogP contribution in [0.1, 0.15) is 109 Å². The first kappa shape index (κ1) is 51.4. The standard InChI is InChI=1S/C43H79N3O13/c1-16-31-43(12,52)35(49)27(8)45-38(50)23(4)20-41(10,53-14)36(59-40-34(48)29(44-13)19-24(5)55-40)25(6)33(26(7)39(51)57-31)30-21-42(11,54-15)37(28(9)56-30)58-32(47)22-46(17-2)18-3/h23-31,33-37,40,44,48-49,52H,16-22H2,1-15H3,(H,45,50)/t23-,24-,25+,26-,27-,28+,29+,30?,31-,33+,34-,35-,36-,37+,40+,41-,42-,43-/m1/s1. The third-order valence-electron chi connectivity index (χ3n) is 13.7. The van der Waals surface area contributed by atoms with Crippen LogP contribution in [0.3, 0.4) is 0 Å². The monoisotopic (exact) mass is 846 g/mol. The van der Waals surface area contributed by atoms with E-state index in [1.807, 2.05) is 53.4 Å². The topological polar surface area (TPSA) is 204 Å². The summed E-state index contributed by atoms with van der Waals surface area (Å²) in [5, 5.41) is 40.8. The van der Waals surface area contributed by atoms with E-state index in [0.717, 1.165) is 0 Å². The lowest BCUT2D eigenvalue weighted by Crippen LogP contribution is -2.62. The average Bonchev–Trinajstić information content (AvgIpc) is 3.19. The largest absolute Gasteiger partial charge is 0.459 e. The Morgan fingerprint density at radius 3 is 2.07 bits per heavy atom. The molecule has 59 heavy (non-hydrogen) atoms. The molecule has 3 rings (SSSR count). The summed E-state index contributed by atoms with van der Waals surface area (Å²) < 4.78 is 44.8. The van der Waals surface area contributed by atoms with Gasteiger partial charge in [0.15, 0.2) is 12.4 Å². The minimum atomic E-state index is -1.95. The van der Waals surface area contributed by atoms with Crippen LogP contribution in [0, 0.1) is 23.7 Å². The van der Waals surface area contributed by atoms with Gasteiger partial charge < -0.3 is 59.1 Å². The number of methoxy groups -OCH3 is 2. The third-order valence-corrected chi connectivity index (χ3v) is 13.7. The lowest BCUT2D eigenvalue weighted by molar-refractivity contribution is -0.300. The molecule has 16 heteroatoms. The Balaban J connectivity index is 2.25. The molecule has 0 radical (unpaired) electrons. The molecule has 344 valence electrons. The van der Waals surface area contributed by atoms with Gasteiger partial charge in [-0.15, -0.1) is 0 Å². The van der Waals surface area contributed by atoms with E-state index in [2.05, 4.69) is 10.6 Å². The molecular formula is C43H79N3O13. The normalized spacial score (nSPS) is 44.6. The second-order valence-corrected chi connectivity index (χ2v) is 18.1. The van der Waals surface area contributed by atoms with Gasteiger partial charge in [0, 0.05) is 38.5 Å². The van der Waals surface area contributed by atoms with Crippen LogP contribution in [0.5, 0.6) is 0 Å². The highest BCUT2D eigenvalue weighted by atomic mass is 16.7. The number of hydrogen-bond acceptors (Lipinski definition) is 15. The van der Waals surface area contributed by atoms with E-state index in [9.17, 15) is 29.7 Å². The number of ether oxygens (including phenoxy) is 7. The number of hydrogen-bond donors (Lipinski definition) is 5. The number of nitrogens with one attached hydrogen (secondary N) is 2. The van der Waals surface area contributed by atoms with Crippen molar-refractivity contribution in [2.24, 2.45) is 23.7 Å². The van der Waals surface area contributed by atoms with E-state index < -0.39 is 113 Å². The van der Waals surface area contributed by atoms with Crippen LogP contribution in [0.25, 0.3) is 0 Å². The number of amides is 1. The Labute approximate surface area is 353 Å². The minimum Gasteiger partial charge on any atom is -0.459 e. The Kier molecular flexibility index (Phi) is 18.6. The lowest BCUT2D eigenvalue weighted by Gasteiger charge is -2.52. The highest BCUT2D eigenvalue weighted by molar-refractivity contribution is 5.78. The maximum absolute atomic E-state index is 14.6. The fourth-order valence-corrected chi connectivity index (χ4v) is 9.78. The molecule has 3 aliphatic rings. The fraction of sp³-hybridized carbons (Fsp3) is 0.930. The van der Waals surface area contributed by atoms with Crippen LogP contribution in [0.15, 0.2) is 0 Å². The molecule has 18 atom stereocenters. The molecule has 0 aromatic carbocycles. The van der Waals surface area contributed by atoms with Gasteiger partial charge in [-0.1, -0.05) is 41.5 Å². The summed E-state index contributed by atoms with van der Waals surface area (Å²) in [6.07, 6.45) is -7.30. The molecule has 3 heterocycles. The number of esters is 2. The Hall–Kier alpha value is -1.99. The first-order valence-electron chi connectivity index (χ1n) is 21.7. The number of rotatable bonds is 12. The van der Waals surface area contributed by atoms with Crippen molar-refractivity contribution in [3.8, 4) is 0 Å². The Bertz CT molecular complexity index is 1370. The summed E-state index contributed by atoms with van der Waals surface area (Å²) in [5.41, 5.74) is -4.26. The van der Waals surface area contributed by atoms with Crippen molar-refractivity contribution in [3.63, 3.8) is 0 Å². The molecule has 0 bridgehead atoms. The van der Waals surface area contributed by atoms with Gasteiger partial charge >= 0.3 is 11.9 Å². The summed E-state index contributed by atoms with van der Waals surface area (Å²) >= 11 is 0. The van der Waals surface area contributed by atoms with Crippen LogP contribution in [-0.4, -0.2) is 163 Å². The van der Waals surface area contributed by atoms with Gasteiger partial charge in [0.25, 0.3) is 0 Å². The predicted molar refractivity (Wildman–Crippen MR) is 220 cm³/mol. The Morgan fingerprint density at radius 2 is 1.53 bits per heavy atom. The summed E-state index contributed by atoms with van der Waals surface area (Å²) in [6, 6.07) is -1.27. The molecule has 0 aromatic heterocycles. The van der Waals surface area contributed by atoms with Crippen molar-refractivity contribution < 1.29 is 62.9 Å². The van der Waals surface area contributed by atoms with Gasteiger partial charge in [-0.25, -0.2) is 0 Å². The molecule has 0 saturated carbocycles. The second-order valence-electron chi connectivity index (χ2n) is 18.1. The molecule has 3 aliphatic heterocycles. The highest BCUT2D eigenvalue weighted by Crippen LogP contribution is 2.46. The van der Waals surface area contributed by atoms with E-state index in [0.29, 0.717) is 19.5 Å². The molecule has 0 aromatic rings. The van der Waals surface area contributed by atoms with E-state index in [4.69, 9.17) is 33.2 Å². The number of likely N-dealkylation sites (N-methyl/N-ethyl adjacent to an activating group) is 2. The molecule has 3 fully saturated rings. The quantitative estimate of drug-likeness (QED) is 0.179. The molecule has 0 spiro atoms. The van der Waals surface area contributed by atoms with Gasteiger partial charge in [-0.2, -0.15) is 0 Å². The van der Waals surface area contributed by atoms with E-state index >= 15 is 0 Å². The lowest BCUT2D eigenvalue weighted by atomic mass is 9.68. The van der Waals surface area contributed by atoms with Crippen molar-refractivity contribution in [2.45, 2.75) is 193 Å². The predicted octanol–water partition coefficient (Wildman–Crippen LogP) is 2.56. The number of aliphatic hydroxyl groups is 3. The number of cyclic esters (lactones) is 1. The van der Waals surface area contributed by atoms with E-state index in [1.165, 1.54) is 14.0 Å². The summed E-state index contributed by atoms with van der Waals surface area (Å²) in [5.74, 6) is -4.47. The zero-order chi connectivity index (χ0) is 44.8. The number of carbonyl (C=O) groups excluding carboxylic acids is 3. The molecule has 0 aliphatic carbocycles. The third kappa shape index (κ3) is 11.7. The highest BCUT2D eigenvalue weighted by Gasteiger charge is 2.56. The van der Waals surface area contributed by atoms with Gasteiger partial charge in [-0.3, -0.25) is 19.3 Å². The summed E-state index contributed by atoms with van der Waals surface area (Å²) in [4.78, 5) is 43.7. The first-order valence-corrected chi connectivity index (χ1v) is 21.7. The molecular weight excluding hydrogens is 766 g/mol. The SMILES string of the molecule is CC[C@H]1OC(=O)[C@H](C)[C@@H](C2C[C@@](C)(OC)[C@@H](OC(=O)CN(CC)CC)[C@H](C)O2)[C@H](C)[C@@H](O[C@@H]2O[C@H](C)C[C@H](NC)[C@H]2O)[C@](C)(OC)C[C@@H](C)C(=O)N[C@H](C)[C@@H](O)[C@]1(C)O. The molecule has 5 N–H and O–H groups in total. The maximum atomic E-state index is 14.6. The second kappa shape index (κ2) is 21.4. The maximum Gasteiger partial charge on any atom is 0.320 e. The zero-order valence-electron chi connectivity index (χ0n) is 38.5. The molecule has 1 unspecified atom stereocenters. The van der Waals surface area contributed by atoms with Gasteiger partial charge in [0.1, 0.15) is 29.5 Å². The number of nitrogens with zero attached hydrogens (tertiary/aromatic N) is 1. The van der Waals surface area contributed by atoms with Gasteiger partial charge in [0.2, 0.25) is 5.91 Å². The van der Waals surface area contributed by atoms with Crippen molar-refractivity contribution in [3.05, 3.63) is 0 Å². The average molecular weight is 846 g/mol. The van der Waals surface area contributed by atoms with Gasteiger partial charge in [0.05, 0.1) is 48.5 Å². The smallest absolute Gasteiger partial charge is 0.320 e. The fourth-order valence-electron chi connectivity index (χ4n) is 9.78. The molecule has 3 saturated heterocycles. The van der Waals surface area contributed by atoms with Crippen LogP contribution >= 0.6 is 0 Å². The van der Waals surface area contributed by atoms with Crippen LogP contribution in [0.4, 0.5) is 0 Å². The van der Waals surface area contributed by atoms with Crippen LogP contribution in [-0.2, 0) is 47.5 Å². The number of carbonyl (C=O) groups is 3. The van der Waals surface area contributed by atoms with Crippen LogP contribution in [0.2, 0.25) is 0 Å². The van der Waals surface area contributed by atoms with E-state index in [-0.39, 0.29) is 38.0 Å². The van der Waals surface area contributed by atoms with Crippen molar-refractivity contribution in [1.29, 1.82) is 0 Å². The molecule has 16 nitrogen and oxygen atoms in total.